The van der Waals surface area contributed by atoms with E-state index in [0.29, 0.717) is 18.1 Å². The normalized spacial score (nSPS) is 18.1. The fourth-order valence-corrected chi connectivity index (χ4v) is 3.17. The molecule has 2 aromatic rings. The van der Waals surface area contributed by atoms with E-state index in [9.17, 15) is 4.79 Å². The number of hydrogen-bond donors (Lipinski definition) is 1. The zero-order valence-corrected chi connectivity index (χ0v) is 15.1. The smallest absolute Gasteiger partial charge is 0.240 e. The average Bonchev–Trinajstić information content (AvgIpc) is 2.95. The molecule has 1 atom stereocenters. The second-order valence-corrected chi connectivity index (χ2v) is 8.04. The third kappa shape index (κ3) is 3.42. The summed E-state index contributed by atoms with van der Waals surface area (Å²) >= 11 is 6.00. The Kier molecular flexibility index (Phi) is 4.58. The number of halogens is 1. The van der Waals surface area contributed by atoms with Gasteiger partial charge in [-0.2, -0.15) is 0 Å². The predicted octanol–water partition coefficient (Wildman–Crippen LogP) is 3.56. The van der Waals surface area contributed by atoms with Crippen molar-refractivity contribution < 1.29 is 9.21 Å². The Balaban J connectivity index is 1.67. The molecule has 0 radical (unpaired) electrons. The number of piperidine rings is 1. The quantitative estimate of drug-likeness (QED) is 0.899. The summed E-state index contributed by atoms with van der Waals surface area (Å²) in [6.45, 7) is 7.35. The van der Waals surface area contributed by atoms with Crippen LogP contribution in [0.25, 0.3) is 11.1 Å². The zero-order chi connectivity index (χ0) is 17.5. The Labute approximate surface area is 147 Å². The van der Waals surface area contributed by atoms with Crippen LogP contribution in [0.3, 0.4) is 0 Å². The molecule has 1 aliphatic rings. The SMILES string of the molecule is CC(C)(C)[C@H](N)C(=O)N1CCC(c2nc3cc(Cl)ccc3o2)CC1. The Morgan fingerprint density at radius 1 is 1.38 bits per heavy atom. The number of hydrogen-bond acceptors (Lipinski definition) is 4. The molecule has 130 valence electrons. The third-order valence-electron chi connectivity index (χ3n) is 4.72. The van der Waals surface area contributed by atoms with Crippen molar-refractivity contribution in [3.05, 3.63) is 29.1 Å². The van der Waals surface area contributed by atoms with Crippen LogP contribution in [0.1, 0.15) is 45.4 Å². The van der Waals surface area contributed by atoms with E-state index < -0.39 is 6.04 Å². The van der Waals surface area contributed by atoms with Crippen molar-refractivity contribution in [2.45, 2.75) is 45.6 Å². The van der Waals surface area contributed by atoms with Crippen LogP contribution in [0, 0.1) is 5.41 Å². The van der Waals surface area contributed by atoms with E-state index in [1.807, 2.05) is 37.8 Å². The van der Waals surface area contributed by atoms with Crippen molar-refractivity contribution in [3.63, 3.8) is 0 Å². The fraction of sp³-hybridized carbons (Fsp3) is 0.556. The lowest BCUT2D eigenvalue weighted by Gasteiger charge is -2.35. The van der Waals surface area contributed by atoms with Gasteiger partial charge in [0.1, 0.15) is 5.52 Å². The van der Waals surface area contributed by atoms with Crippen LogP contribution in [-0.2, 0) is 4.79 Å². The van der Waals surface area contributed by atoms with E-state index in [0.717, 1.165) is 29.8 Å². The molecule has 0 bridgehead atoms. The number of nitrogens with two attached hydrogens (primary N) is 1. The molecule has 0 unspecified atom stereocenters. The maximum atomic E-state index is 12.5. The van der Waals surface area contributed by atoms with Gasteiger partial charge >= 0.3 is 0 Å². The average molecular weight is 350 g/mol. The number of likely N-dealkylation sites (tertiary alicyclic amines) is 1. The first kappa shape index (κ1) is 17.2. The summed E-state index contributed by atoms with van der Waals surface area (Å²) < 4.78 is 5.86. The van der Waals surface area contributed by atoms with Crippen LogP contribution in [0.5, 0.6) is 0 Å². The number of carbonyl (C=O) groups excluding carboxylic acids is 1. The second-order valence-electron chi connectivity index (χ2n) is 7.61. The number of carbonyl (C=O) groups is 1. The summed E-state index contributed by atoms with van der Waals surface area (Å²) in [4.78, 5) is 18.9. The molecule has 1 aromatic carbocycles. The molecule has 1 amide bonds. The number of fused-ring (bicyclic) bond motifs is 1. The Hall–Kier alpha value is -1.59. The first-order chi connectivity index (χ1) is 11.3. The molecule has 2 N–H and O–H groups in total. The predicted molar refractivity (Wildman–Crippen MR) is 95.0 cm³/mol. The highest BCUT2D eigenvalue weighted by Gasteiger charge is 2.34. The van der Waals surface area contributed by atoms with E-state index in [-0.39, 0.29) is 17.2 Å². The highest BCUT2D eigenvalue weighted by molar-refractivity contribution is 6.31. The summed E-state index contributed by atoms with van der Waals surface area (Å²) in [6, 6.07) is 4.98. The standard InChI is InChI=1S/C18H24ClN3O2/c1-18(2,3)15(20)17(23)22-8-6-11(7-9-22)16-21-13-10-12(19)4-5-14(13)24-16/h4-5,10-11,15H,6-9,20H2,1-3H3/t15-/m1/s1. The van der Waals surface area contributed by atoms with Crippen LogP contribution in [-0.4, -0.2) is 34.9 Å². The first-order valence-corrected chi connectivity index (χ1v) is 8.74. The van der Waals surface area contributed by atoms with Gasteiger partial charge in [0, 0.05) is 24.0 Å². The molecule has 1 saturated heterocycles. The zero-order valence-electron chi connectivity index (χ0n) is 14.4. The van der Waals surface area contributed by atoms with Crippen LogP contribution < -0.4 is 5.73 Å². The highest BCUT2D eigenvalue weighted by atomic mass is 35.5. The van der Waals surface area contributed by atoms with Crippen molar-refractivity contribution in [1.29, 1.82) is 0 Å². The number of benzene rings is 1. The topological polar surface area (TPSA) is 72.4 Å². The van der Waals surface area contributed by atoms with Gasteiger partial charge in [-0.15, -0.1) is 0 Å². The van der Waals surface area contributed by atoms with Gasteiger partial charge in [-0.05, 0) is 36.5 Å². The third-order valence-corrected chi connectivity index (χ3v) is 4.96. The minimum atomic E-state index is -0.472. The number of rotatable bonds is 2. The maximum absolute atomic E-state index is 12.5. The molecular formula is C18H24ClN3O2. The van der Waals surface area contributed by atoms with E-state index in [1.54, 1.807) is 6.07 Å². The van der Waals surface area contributed by atoms with Crippen molar-refractivity contribution in [2.75, 3.05) is 13.1 Å². The van der Waals surface area contributed by atoms with Gasteiger partial charge in [0.2, 0.25) is 5.91 Å². The van der Waals surface area contributed by atoms with Crippen molar-refractivity contribution in [3.8, 4) is 0 Å². The van der Waals surface area contributed by atoms with E-state index in [1.165, 1.54) is 0 Å². The molecule has 0 aliphatic carbocycles. The second kappa shape index (κ2) is 6.37. The molecule has 0 saturated carbocycles. The van der Waals surface area contributed by atoms with Gasteiger partial charge in [-0.3, -0.25) is 4.79 Å². The number of aromatic nitrogens is 1. The number of amides is 1. The lowest BCUT2D eigenvalue weighted by molar-refractivity contribution is -0.136. The van der Waals surface area contributed by atoms with Crippen molar-refractivity contribution in [1.82, 2.24) is 9.88 Å². The van der Waals surface area contributed by atoms with Gasteiger partial charge in [-0.1, -0.05) is 32.4 Å². The molecule has 24 heavy (non-hydrogen) atoms. The molecule has 5 nitrogen and oxygen atoms in total. The van der Waals surface area contributed by atoms with Crippen molar-refractivity contribution in [2.24, 2.45) is 11.1 Å². The molecule has 6 heteroatoms. The van der Waals surface area contributed by atoms with Gasteiger partial charge < -0.3 is 15.1 Å². The van der Waals surface area contributed by atoms with Crippen molar-refractivity contribution >= 4 is 28.6 Å². The van der Waals surface area contributed by atoms with Gasteiger partial charge in [0.15, 0.2) is 11.5 Å². The van der Waals surface area contributed by atoms with E-state index in [2.05, 4.69) is 4.98 Å². The lowest BCUT2D eigenvalue weighted by atomic mass is 9.86. The molecular weight excluding hydrogens is 326 g/mol. The summed E-state index contributed by atoms with van der Waals surface area (Å²) in [7, 11) is 0. The van der Waals surface area contributed by atoms with Crippen LogP contribution >= 0.6 is 11.6 Å². The first-order valence-electron chi connectivity index (χ1n) is 8.36. The van der Waals surface area contributed by atoms with Gasteiger partial charge in [-0.25, -0.2) is 4.98 Å². The van der Waals surface area contributed by atoms with Crippen LogP contribution in [0.15, 0.2) is 22.6 Å². The number of nitrogens with zero attached hydrogens (tertiary/aromatic N) is 2. The minimum Gasteiger partial charge on any atom is -0.440 e. The molecule has 1 fully saturated rings. The summed E-state index contributed by atoms with van der Waals surface area (Å²) in [5.74, 6) is 0.996. The summed E-state index contributed by atoms with van der Waals surface area (Å²) in [5.41, 5.74) is 7.41. The Morgan fingerprint density at radius 3 is 2.67 bits per heavy atom. The molecule has 3 rings (SSSR count). The molecule has 2 heterocycles. The number of oxazole rings is 1. The molecule has 1 aromatic heterocycles. The minimum absolute atomic E-state index is 0.0327. The van der Waals surface area contributed by atoms with Gasteiger partial charge in [0.25, 0.3) is 0 Å². The van der Waals surface area contributed by atoms with E-state index >= 15 is 0 Å². The largest absolute Gasteiger partial charge is 0.440 e. The van der Waals surface area contributed by atoms with Gasteiger partial charge in [0.05, 0.1) is 6.04 Å². The summed E-state index contributed by atoms with van der Waals surface area (Å²) in [5, 5.41) is 0.652. The van der Waals surface area contributed by atoms with Crippen LogP contribution in [0.4, 0.5) is 0 Å². The molecule has 0 spiro atoms. The maximum Gasteiger partial charge on any atom is 0.240 e. The van der Waals surface area contributed by atoms with E-state index in [4.69, 9.17) is 21.8 Å². The lowest BCUT2D eigenvalue weighted by Crippen LogP contribution is -2.52. The highest BCUT2D eigenvalue weighted by Crippen LogP contribution is 2.31. The molecule has 1 aliphatic heterocycles. The summed E-state index contributed by atoms with van der Waals surface area (Å²) in [6.07, 6.45) is 1.67. The Morgan fingerprint density at radius 2 is 2.04 bits per heavy atom. The van der Waals surface area contributed by atoms with Crippen LogP contribution in [0.2, 0.25) is 5.02 Å². The monoisotopic (exact) mass is 349 g/mol. The Bertz CT molecular complexity index is 742. The fourth-order valence-electron chi connectivity index (χ4n) is 3.01.